The molecule has 5 rings (SSSR count). The van der Waals surface area contributed by atoms with Crippen LogP contribution in [0, 0.1) is 5.41 Å². The van der Waals surface area contributed by atoms with Gasteiger partial charge in [0.05, 0.1) is 5.52 Å². The molecule has 0 saturated heterocycles. The Labute approximate surface area is 200 Å². The molecule has 178 valence electrons. The number of amides is 1. The van der Waals surface area contributed by atoms with Crippen molar-refractivity contribution < 1.29 is 9.53 Å². The van der Waals surface area contributed by atoms with E-state index in [2.05, 4.69) is 16.7 Å². The predicted molar refractivity (Wildman–Crippen MR) is 135 cm³/mol. The minimum Gasteiger partial charge on any atom is -0.481 e. The summed E-state index contributed by atoms with van der Waals surface area (Å²) in [7, 11) is 4.02. The van der Waals surface area contributed by atoms with Crippen molar-refractivity contribution in [2.75, 3.05) is 24.3 Å². The molecule has 0 aliphatic heterocycles. The number of carbonyl (C=O) groups is 1. The summed E-state index contributed by atoms with van der Waals surface area (Å²) in [6.45, 7) is 1.81. The zero-order valence-electron chi connectivity index (χ0n) is 20.1. The number of benzene rings is 2. The van der Waals surface area contributed by atoms with Crippen molar-refractivity contribution in [3.8, 4) is 5.75 Å². The monoisotopic (exact) mass is 459 g/mol. The highest BCUT2D eigenvalue weighted by Crippen LogP contribution is 2.56. The minimum atomic E-state index is -0.506. The predicted octanol–water partition coefficient (Wildman–Crippen LogP) is 4.39. The minimum absolute atomic E-state index is 0.0354. The molecule has 7 nitrogen and oxygen atoms in total. The number of anilines is 2. The van der Waals surface area contributed by atoms with Gasteiger partial charge in [-0.25, -0.2) is 4.98 Å². The van der Waals surface area contributed by atoms with E-state index in [-0.39, 0.29) is 17.4 Å². The zero-order chi connectivity index (χ0) is 23.7. The molecule has 2 N–H and O–H groups in total. The van der Waals surface area contributed by atoms with E-state index in [1.165, 1.54) is 0 Å². The highest BCUT2D eigenvalue weighted by atomic mass is 16.5. The molecule has 0 bridgehead atoms. The molecule has 2 aliphatic rings. The van der Waals surface area contributed by atoms with E-state index < -0.39 is 6.10 Å². The van der Waals surface area contributed by atoms with Crippen molar-refractivity contribution in [2.24, 2.45) is 5.41 Å². The molecule has 7 heteroatoms. The Bertz CT molecular complexity index is 1160. The van der Waals surface area contributed by atoms with Gasteiger partial charge in [-0.2, -0.15) is 4.98 Å². The van der Waals surface area contributed by atoms with Crippen LogP contribution in [0.5, 0.6) is 5.75 Å². The van der Waals surface area contributed by atoms with Crippen LogP contribution < -0.4 is 20.3 Å². The fourth-order valence-electron chi connectivity index (χ4n) is 5.14. The first kappa shape index (κ1) is 22.4. The maximum Gasteiger partial charge on any atom is 0.261 e. The largest absolute Gasteiger partial charge is 0.481 e. The van der Waals surface area contributed by atoms with Crippen LogP contribution >= 0.6 is 0 Å². The molecule has 0 radical (unpaired) electrons. The first-order chi connectivity index (χ1) is 16.4. The molecule has 2 fully saturated rings. The van der Waals surface area contributed by atoms with Gasteiger partial charge >= 0.3 is 0 Å². The Morgan fingerprint density at radius 3 is 2.50 bits per heavy atom. The van der Waals surface area contributed by atoms with E-state index in [4.69, 9.17) is 14.7 Å². The van der Waals surface area contributed by atoms with Crippen molar-refractivity contribution in [2.45, 2.75) is 57.2 Å². The van der Waals surface area contributed by atoms with Crippen molar-refractivity contribution >= 4 is 28.6 Å². The number of hydrogen-bond donors (Lipinski definition) is 2. The third-order valence-electron chi connectivity index (χ3n) is 7.25. The molecule has 1 spiro atoms. The van der Waals surface area contributed by atoms with E-state index >= 15 is 0 Å². The number of ether oxygens (including phenoxy) is 1. The number of nitrogens with one attached hydrogen (secondary N) is 2. The fourth-order valence-corrected chi connectivity index (χ4v) is 5.14. The summed E-state index contributed by atoms with van der Waals surface area (Å²) < 4.78 is 5.78. The zero-order valence-corrected chi connectivity index (χ0v) is 20.1. The molecule has 34 heavy (non-hydrogen) atoms. The van der Waals surface area contributed by atoms with Gasteiger partial charge in [0.1, 0.15) is 11.6 Å². The van der Waals surface area contributed by atoms with E-state index in [1.807, 2.05) is 74.4 Å². The number of fused-ring (bicyclic) bond motifs is 1. The van der Waals surface area contributed by atoms with Crippen LogP contribution in [0.4, 0.5) is 11.8 Å². The summed E-state index contributed by atoms with van der Waals surface area (Å²) in [6.07, 6.45) is 4.84. The molecule has 1 heterocycles. The maximum atomic E-state index is 12.7. The number of para-hydroxylation sites is 2. The van der Waals surface area contributed by atoms with Crippen LogP contribution in [-0.4, -0.2) is 48.2 Å². The number of aromatic nitrogens is 2. The molecule has 2 atom stereocenters. The Hall–Kier alpha value is -3.35. The summed E-state index contributed by atoms with van der Waals surface area (Å²) in [5, 5.41) is 7.86. The van der Waals surface area contributed by atoms with Crippen LogP contribution in [-0.2, 0) is 4.79 Å². The lowest BCUT2D eigenvalue weighted by Crippen LogP contribution is -2.40. The lowest BCUT2D eigenvalue weighted by Gasteiger charge is -2.30. The third kappa shape index (κ3) is 4.65. The highest BCUT2D eigenvalue weighted by Gasteiger charge is 2.55. The van der Waals surface area contributed by atoms with E-state index in [0.29, 0.717) is 12.0 Å². The van der Waals surface area contributed by atoms with Crippen LogP contribution in [0.3, 0.4) is 0 Å². The highest BCUT2D eigenvalue weighted by molar-refractivity contribution is 5.90. The molecule has 1 amide bonds. The van der Waals surface area contributed by atoms with Gasteiger partial charge in [-0.05, 0) is 68.7 Å². The summed E-state index contributed by atoms with van der Waals surface area (Å²) in [6, 6.07) is 18.2. The van der Waals surface area contributed by atoms with Crippen LogP contribution in [0.1, 0.15) is 39.0 Å². The average Bonchev–Trinajstić information content (AvgIpc) is 3.51. The summed E-state index contributed by atoms with van der Waals surface area (Å²) in [5.41, 5.74) is 1.19. The molecule has 1 aromatic heterocycles. The van der Waals surface area contributed by atoms with Gasteiger partial charge in [-0.15, -0.1) is 0 Å². The molecule has 1 unspecified atom stereocenters. The van der Waals surface area contributed by atoms with Gasteiger partial charge in [0.2, 0.25) is 5.95 Å². The van der Waals surface area contributed by atoms with Gasteiger partial charge < -0.3 is 20.3 Å². The Morgan fingerprint density at radius 1 is 1.06 bits per heavy atom. The summed E-state index contributed by atoms with van der Waals surface area (Å²) in [5.74, 6) is 2.30. The van der Waals surface area contributed by atoms with Gasteiger partial charge in [0.15, 0.2) is 6.10 Å². The summed E-state index contributed by atoms with van der Waals surface area (Å²) >= 11 is 0. The van der Waals surface area contributed by atoms with Gasteiger partial charge in [-0.1, -0.05) is 30.3 Å². The van der Waals surface area contributed by atoms with Gasteiger partial charge in [0.25, 0.3) is 5.91 Å². The maximum absolute atomic E-state index is 12.7. The van der Waals surface area contributed by atoms with Gasteiger partial charge in [-0.3, -0.25) is 4.79 Å². The normalized spacial score (nSPS) is 24.4. The Kier molecular flexibility index (Phi) is 6.02. The molecule has 3 aromatic rings. The second kappa shape index (κ2) is 9.12. The lowest BCUT2D eigenvalue weighted by atomic mass is 9.83. The standard InChI is InChI=1S/C27H33N5O2/c1-18(34-20-9-5-4-6-10-20)25(33)30-23-17-27(23)15-13-19(14-16-27)28-26-29-22-12-8-7-11-21(22)24(31-26)32(2)3/h4-12,18-19,23H,13-17H2,1-3H3,(H,30,33)(H,28,29,31)/t18?,19?,23-,27?/m1/s1. The second-order valence-electron chi connectivity index (χ2n) is 9.90. The van der Waals surface area contributed by atoms with Gasteiger partial charge in [0, 0.05) is 31.6 Å². The Morgan fingerprint density at radius 2 is 1.76 bits per heavy atom. The molecule has 2 saturated carbocycles. The van der Waals surface area contributed by atoms with Crippen molar-refractivity contribution in [1.29, 1.82) is 0 Å². The van der Waals surface area contributed by atoms with Crippen LogP contribution in [0.15, 0.2) is 54.6 Å². The first-order valence-corrected chi connectivity index (χ1v) is 12.2. The third-order valence-corrected chi connectivity index (χ3v) is 7.25. The summed E-state index contributed by atoms with van der Waals surface area (Å²) in [4.78, 5) is 24.2. The molecular weight excluding hydrogens is 426 g/mol. The number of hydrogen-bond acceptors (Lipinski definition) is 6. The smallest absolute Gasteiger partial charge is 0.261 e. The van der Waals surface area contributed by atoms with E-state index in [9.17, 15) is 4.79 Å². The number of nitrogens with zero attached hydrogens (tertiary/aromatic N) is 3. The molecular formula is C27H33N5O2. The second-order valence-corrected chi connectivity index (χ2v) is 9.90. The Balaban J connectivity index is 1.15. The van der Waals surface area contributed by atoms with Crippen molar-refractivity contribution in [3.63, 3.8) is 0 Å². The lowest BCUT2D eigenvalue weighted by molar-refractivity contribution is -0.127. The topological polar surface area (TPSA) is 79.4 Å². The quantitative estimate of drug-likeness (QED) is 0.545. The van der Waals surface area contributed by atoms with Crippen molar-refractivity contribution in [1.82, 2.24) is 15.3 Å². The molecule has 2 aromatic carbocycles. The number of carbonyl (C=O) groups excluding carboxylic acids is 1. The average molecular weight is 460 g/mol. The fraction of sp³-hybridized carbons (Fsp3) is 0.444. The number of rotatable bonds is 7. The van der Waals surface area contributed by atoms with E-state index in [0.717, 1.165) is 54.6 Å². The van der Waals surface area contributed by atoms with Crippen molar-refractivity contribution in [3.05, 3.63) is 54.6 Å². The molecule has 2 aliphatic carbocycles. The SMILES string of the molecule is CC(Oc1ccccc1)C(=O)N[C@@H]1CC12CCC(Nc1nc(N(C)C)c3ccccc3n1)CC2. The van der Waals surface area contributed by atoms with E-state index in [1.54, 1.807) is 0 Å². The van der Waals surface area contributed by atoms with Crippen LogP contribution in [0.2, 0.25) is 0 Å². The van der Waals surface area contributed by atoms with Crippen LogP contribution in [0.25, 0.3) is 10.9 Å². The first-order valence-electron chi connectivity index (χ1n) is 12.2.